The molecule has 0 radical (unpaired) electrons. The Balaban J connectivity index is 1.71. The highest BCUT2D eigenvalue weighted by atomic mass is 16.5. The van der Waals surface area contributed by atoms with Gasteiger partial charge < -0.3 is 15.4 Å². The molecule has 0 unspecified atom stereocenters. The summed E-state index contributed by atoms with van der Waals surface area (Å²) >= 11 is 0. The van der Waals surface area contributed by atoms with Gasteiger partial charge >= 0.3 is 0 Å². The first-order chi connectivity index (χ1) is 11.1. The zero-order chi connectivity index (χ0) is 16.7. The maximum atomic E-state index is 11.9. The van der Waals surface area contributed by atoms with E-state index in [1.807, 2.05) is 19.9 Å². The summed E-state index contributed by atoms with van der Waals surface area (Å²) < 4.78 is 4.97. The van der Waals surface area contributed by atoms with Gasteiger partial charge in [0.25, 0.3) is 0 Å². The molecule has 2 rings (SSSR count). The van der Waals surface area contributed by atoms with Crippen LogP contribution in [0.5, 0.6) is 5.88 Å². The Morgan fingerprint density at radius 1 is 1.22 bits per heavy atom. The Labute approximate surface area is 135 Å². The number of nitrogens with one attached hydrogen (secondary N) is 2. The van der Waals surface area contributed by atoms with E-state index in [0.29, 0.717) is 36.9 Å². The molecule has 23 heavy (non-hydrogen) atoms. The number of aromatic nitrogens is 3. The van der Waals surface area contributed by atoms with Gasteiger partial charge in [-0.1, -0.05) is 0 Å². The van der Waals surface area contributed by atoms with Gasteiger partial charge in [0.05, 0.1) is 19.0 Å². The van der Waals surface area contributed by atoms with Crippen LogP contribution in [0.25, 0.3) is 0 Å². The van der Waals surface area contributed by atoms with Gasteiger partial charge in [-0.3, -0.25) is 4.79 Å². The van der Waals surface area contributed by atoms with Crippen LogP contribution in [-0.4, -0.2) is 34.5 Å². The molecule has 0 aliphatic rings. The van der Waals surface area contributed by atoms with Crippen molar-refractivity contribution < 1.29 is 9.53 Å². The topological polar surface area (TPSA) is 89.0 Å². The highest BCUT2D eigenvalue weighted by Gasteiger charge is 2.04. The quantitative estimate of drug-likeness (QED) is 0.762. The number of rotatable bonds is 7. The highest BCUT2D eigenvalue weighted by molar-refractivity contribution is 5.90. The third kappa shape index (κ3) is 5.54. The van der Waals surface area contributed by atoms with Crippen molar-refractivity contribution in [1.82, 2.24) is 15.0 Å². The van der Waals surface area contributed by atoms with Crippen LogP contribution in [0.1, 0.15) is 24.2 Å². The van der Waals surface area contributed by atoms with Crippen LogP contribution in [0.4, 0.5) is 11.6 Å². The average Bonchev–Trinajstić information content (AvgIpc) is 2.51. The number of nitrogens with zero attached hydrogens (tertiary/aromatic N) is 3. The van der Waals surface area contributed by atoms with Crippen molar-refractivity contribution in [3.63, 3.8) is 0 Å². The maximum absolute atomic E-state index is 11.9. The van der Waals surface area contributed by atoms with Crippen molar-refractivity contribution in [2.75, 3.05) is 24.3 Å². The number of amides is 1. The van der Waals surface area contributed by atoms with Gasteiger partial charge in [0.2, 0.25) is 17.7 Å². The first kappa shape index (κ1) is 16.7. The van der Waals surface area contributed by atoms with Gasteiger partial charge in [-0.05, 0) is 32.4 Å². The Morgan fingerprint density at radius 2 is 1.96 bits per heavy atom. The van der Waals surface area contributed by atoms with E-state index >= 15 is 0 Å². The minimum Gasteiger partial charge on any atom is -0.481 e. The number of ether oxygens (including phenoxy) is 1. The van der Waals surface area contributed by atoms with E-state index in [4.69, 9.17) is 4.74 Å². The molecule has 0 aromatic carbocycles. The molecule has 0 fully saturated rings. The largest absolute Gasteiger partial charge is 0.481 e. The number of carbonyl (C=O) groups is 1. The monoisotopic (exact) mass is 315 g/mol. The zero-order valence-corrected chi connectivity index (χ0v) is 13.6. The Kier molecular flexibility index (Phi) is 5.85. The number of anilines is 2. The lowest BCUT2D eigenvalue weighted by Gasteiger charge is -2.07. The summed E-state index contributed by atoms with van der Waals surface area (Å²) in [5.74, 6) is 1.06. The van der Waals surface area contributed by atoms with Gasteiger partial charge in [-0.2, -0.15) is 0 Å². The summed E-state index contributed by atoms with van der Waals surface area (Å²) in [7, 11) is 1.55. The first-order valence-corrected chi connectivity index (χ1v) is 7.43. The normalized spacial score (nSPS) is 10.2. The zero-order valence-electron chi connectivity index (χ0n) is 13.6. The predicted octanol–water partition coefficient (Wildman–Crippen LogP) is 2.33. The second kappa shape index (κ2) is 8.07. The smallest absolute Gasteiger partial charge is 0.224 e. The number of carbonyl (C=O) groups excluding carboxylic acids is 1. The third-order valence-corrected chi connectivity index (χ3v) is 3.08. The highest BCUT2D eigenvalue weighted by Crippen LogP contribution is 2.11. The molecule has 0 aliphatic carbocycles. The van der Waals surface area contributed by atoms with Crippen molar-refractivity contribution >= 4 is 17.5 Å². The fraction of sp³-hybridized carbons (Fsp3) is 0.375. The Morgan fingerprint density at radius 3 is 2.57 bits per heavy atom. The number of hydrogen-bond donors (Lipinski definition) is 2. The molecule has 2 N–H and O–H groups in total. The van der Waals surface area contributed by atoms with E-state index in [2.05, 4.69) is 25.6 Å². The number of aryl methyl sites for hydroxylation is 2. The molecule has 2 aromatic heterocycles. The van der Waals surface area contributed by atoms with E-state index < -0.39 is 0 Å². The second-order valence-electron chi connectivity index (χ2n) is 5.14. The van der Waals surface area contributed by atoms with Gasteiger partial charge in [0, 0.05) is 30.4 Å². The number of pyridine rings is 1. The molecular weight excluding hydrogens is 294 g/mol. The minimum absolute atomic E-state index is 0.0555. The van der Waals surface area contributed by atoms with E-state index in [1.54, 1.807) is 25.4 Å². The standard InChI is InChI=1S/C16H21N5O2/c1-11-9-12(2)20-16(19-11)17-8-4-5-14(22)21-13-6-7-15(23-3)18-10-13/h6-7,9-10H,4-5,8H2,1-3H3,(H,21,22)(H,17,19,20). The van der Waals surface area contributed by atoms with Crippen LogP contribution in [-0.2, 0) is 4.79 Å². The molecule has 0 bridgehead atoms. The molecule has 0 saturated heterocycles. The fourth-order valence-corrected chi connectivity index (χ4v) is 2.05. The van der Waals surface area contributed by atoms with Crippen molar-refractivity contribution in [2.24, 2.45) is 0 Å². The number of hydrogen-bond acceptors (Lipinski definition) is 6. The van der Waals surface area contributed by atoms with Crippen LogP contribution in [0.15, 0.2) is 24.4 Å². The number of methoxy groups -OCH3 is 1. The molecule has 7 nitrogen and oxygen atoms in total. The maximum Gasteiger partial charge on any atom is 0.224 e. The summed E-state index contributed by atoms with van der Waals surface area (Å²) in [6.07, 6.45) is 2.66. The van der Waals surface area contributed by atoms with Gasteiger partial charge in [-0.25, -0.2) is 15.0 Å². The van der Waals surface area contributed by atoms with Crippen molar-refractivity contribution in [3.8, 4) is 5.88 Å². The Hall–Kier alpha value is -2.70. The van der Waals surface area contributed by atoms with E-state index in [-0.39, 0.29) is 5.91 Å². The van der Waals surface area contributed by atoms with Crippen LogP contribution in [0.2, 0.25) is 0 Å². The molecule has 1 amide bonds. The van der Waals surface area contributed by atoms with Gasteiger partial charge in [0.15, 0.2) is 0 Å². The van der Waals surface area contributed by atoms with Crippen LogP contribution in [0.3, 0.4) is 0 Å². The molecule has 122 valence electrons. The van der Waals surface area contributed by atoms with E-state index in [0.717, 1.165) is 11.4 Å². The third-order valence-electron chi connectivity index (χ3n) is 3.08. The molecule has 0 spiro atoms. The summed E-state index contributed by atoms with van der Waals surface area (Å²) in [6.45, 7) is 4.49. The summed E-state index contributed by atoms with van der Waals surface area (Å²) in [4.78, 5) is 24.5. The molecule has 0 saturated carbocycles. The average molecular weight is 315 g/mol. The summed E-state index contributed by atoms with van der Waals surface area (Å²) in [6, 6.07) is 5.38. The van der Waals surface area contributed by atoms with Gasteiger partial charge in [0.1, 0.15) is 0 Å². The molecule has 2 heterocycles. The molecule has 7 heteroatoms. The molecule has 2 aromatic rings. The molecule has 0 aliphatic heterocycles. The van der Waals surface area contributed by atoms with Crippen molar-refractivity contribution in [2.45, 2.75) is 26.7 Å². The van der Waals surface area contributed by atoms with E-state index in [1.165, 1.54) is 0 Å². The lowest BCUT2D eigenvalue weighted by molar-refractivity contribution is -0.116. The van der Waals surface area contributed by atoms with Crippen LogP contribution < -0.4 is 15.4 Å². The molecular formula is C16H21N5O2. The van der Waals surface area contributed by atoms with Crippen LogP contribution >= 0.6 is 0 Å². The SMILES string of the molecule is COc1ccc(NC(=O)CCCNc2nc(C)cc(C)n2)cn1. The summed E-state index contributed by atoms with van der Waals surface area (Å²) in [5.41, 5.74) is 2.50. The minimum atomic E-state index is -0.0555. The fourth-order valence-electron chi connectivity index (χ4n) is 2.05. The van der Waals surface area contributed by atoms with E-state index in [9.17, 15) is 4.79 Å². The second-order valence-corrected chi connectivity index (χ2v) is 5.14. The lowest BCUT2D eigenvalue weighted by atomic mass is 10.3. The van der Waals surface area contributed by atoms with Gasteiger partial charge in [-0.15, -0.1) is 0 Å². The Bertz CT molecular complexity index is 638. The van der Waals surface area contributed by atoms with Crippen molar-refractivity contribution in [1.29, 1.82) is 0 Å². The summed E-state index contributed by atoms with van der Waals surface area (Å²) in [5, 5.41) is 5.92. The van der Waals surface area contributed by atoms with Crippen molar-refractivity contribution in [3.05, 3.63) is 35.8 Å². The first-order valence-electron chi connectivity index (χ1n) is 7.43. The van der Waals surface area contributed by atoms with Crippen LogP contribution in [0, 0.1) is 13.8 Å². The molecule has 0 atom stereocenters. The lowest BCUT2D eigenvalue weighted by Crippen LogP contribution is -2.14. The predicted molar refractivity (Wildman–Crippen MR) is 88.6 cm³/mol.